The number of likely N-dealkylation sites (tertiary alicyclic amines) is 1. The van der Waals surface area contributed by atoms with Gasteiger partial charge in [0.2, 0.25) is 0 Å². The second-order valence-corrected chi connectivity index (χ2v) is 4.92. The van der Waals surface area contributed by atoms with Gasteiger partial charge in [-0.05, 0) is 39.3 Å². The van der Waals surface area contributed by atoms with Crippen molar-refractivity contribution in [3.05, 3.63) is 0 Å². The third-order valence-electron chi connectivity index (χ3n) is 3.76. The molecule has 94 valence electrons. The van der Waals surface area contributed by atoms with E-state index in [0.717, 1.165) is 39.0 Å². The van der Waals surface area contributed by atoms with Gasteiger partial charge in [-0.2, -0.15) is 0 Å². The molecule has 1 aliphatic heterocycles. The van der Waals surface area contributed by atoms with Crippen LogP contribution in [-0.2, 0) is 9.53 Å². The average molecular weight is 229 g/mol. The second kappa shape index (κ2) is 5.64. The quantitative estimate of drug-likeness (QED) is 0.778. The van der Waals surface area contributed by atoms with Gasteiger partial charge < -0.3 is 9.84 Å². The number of rotatable bonds is 5. The molecule has 0 saturated carbocycles. The number of nitrogens with zero attached hydrogens (tertiary/aromatic N) is 1. The van der Waals surface area contributed by atoms with E-state index >= 15 is 0 Å². The Morgan fingerprint density at radius 3 is 2.44 bits per heavy atom. The van der Waals surface area contributed by atoms with Gasteiger partial charge in [0, 0.05) is 13.2 Å². The molecule has 0 aromatic rings. The van der Waals surface area contributed by atoms with Crippen LogP contribution in [0.5, 0.6) is 0 Å². The summed E-state index contributed by atoms with van der Waals surface area (Å²) < 4.78 is 5.19. The molecule has 1 heterocycles. The number of hydrogen-bond donors (Lipinski definition) is 1. The van der Waals surface area contributed by atoms with E-state index < -0.39 is 11.4 Å². The van der Waals surface area contributed by atoms with Crippen LogP contribution in [0.25, 0.3) is 0 Å². The van der Waals surface area contributed by atoms with Crippen LogP contribution in [0.15, 0.2) is 0 Å². The number of carboxylic acids is 1. The average Bonchev–Trinajstić information content (AvgIpc) is 2.27. The first-order valence-electron chi connectivity index (χ1n) is 6.00. The van der Waals surface area contributed by atoms with Crippen molar-refractivity contribution in [1.82, 2.24) is 4.90 Å². The highest BCUT2D eigenvalue weighted by Crippen LogP contribution is 2.32. The van der Waals surface area contributed by atoms with E-state index in [1.54, 1.807) is 7.11 Å². The molecule has 1 N–H and O–H groups in total. The Balaban J connectivity index is 2.50. The van der Waals surface area contributed by atoms with Gasteiger partial charge in [0.1, 0.15) is 0 Å². The van der Waals surface area contributed by atoms with Crippen LogP contribution in [0.2, 0.25) is 0 Å². The first-order chi connectivity index (χ1) is 7.53. The van der Waals surface area contributed by atoms with Crippen molar-refractivity contribution in [2.75, 3.05) is 26.8 Å². The molecule has 1 fully saturated rings. The minimum atomic E-state index is -0.660. The number of carbonyl (C=O) groups is 1. The van der Waals surface area contributed by atoms with E-state index in [4.69, 9.17) is 9.84 Å². The van der Waals surface area contributed by atoms with Gasteiger partial charge in [0.15, 0.2) is 0 Å². The lowest BCUT2D eigenvalue weighted by molar-refractivity contribution is -0.151. The smallest absolute Gasteiger partial charge is 0.309 e. The normalized spacial score (nSPS) is 22.9. The van der Waals surface area contributed by atoms with Crippen molar-refractivity contribution in [1.29, 1.82) is 0 Å². The Morgan fingerprint density at radius 2 is 2.06 bits per heavy atom. The van der Waals surface area contributed by atoms with Gasteiger partial charge >= 0.3 is 5.97 Å². The van der Waals surface area contributed by atoms with Crippen molar-refractivity contribution in [2.24, 2.45) is 5.41 Å². The maximum Gasteiger partial charge on any atom is 0.309 e. The van der Waals surface area contributed by atoms with E-state index in [0.29, 0.717) is 6.04 Å². The Bertz CT molecular complexity index is 234. The van der Waals surface area contributed by atoms with E-state index in [2.05, 4.69) is 11.8 Å². The SMILES string of the molecule is CCC(COC)N1CCC(C)(C(=O)O)CC1. The highest BCUT2D eigenvalue weighted by molar-refractivity contribution is 5.74. The molecule has 4 nitrogen and oxygen atoms in total. The maximum absolute atomic E-state index is 11.1. The fourth-order valence-electron chi connectivity index (χ4n) is 2.27. The topological polar surface area (TPSA) is 49.8 Å². The van der Waals surface area contributed by atoms with Crippen LogP contribution in [0.1, 0.15) is 33.1 Å². The summed E-state index contributed by atoms with van der Waals surface area (Å²) in [6.45, 7) is 6.47. The summed E-state index contributed by atoms with van der Waals surface area (Å²) >= 11 is 0. The third-order valence-corrected chi connectivity index (χ3v) is 3.76. The maximum atomic E-state index is 11.1. The highest BCUT2D eigenvalue weighted by atomic mass is 16.5. The zero-order valence-electron chi connectivity index (χ0n) is 10.5. The molecule has 1 saturated heterocycles. The molecular weight excluding hydrogens is 206 g/mol. The zero-order chi connectivity index (χ0) is 12.2. The number of ether oxygens (including phenoxy) is 1. The molecule has 0 spiro atoms. The summed E-state index contributed by atoms with van der Waals surface area (Å²) in [5, 5.41) is 9.14. The zero-order valence-corrected chi connectivity index (χ0v) is 10.5. The minimum absolute atomic E-state index is 0.434. The lowest BCUT2D eigenvalue weighted by Crippen LogP contribution is -2.48. The van der Waals surface area contributed by atoms with E-state index in [-0.39, 0.29) is 0 Å². The second-order valence-electron chi connectivity index (χ2n) is 4.92. The molecular formula is C12H23NO3. The molecule has 0 amide bonds. The van der Waals surface area contributed by atoms with E-state index in [9.17, 15) is 4.79 Å². The molecule has 1 unspecified atom stereocenters. The first kappa shape index (κ1) is 13.5. The van der Waals surface area contributed by atoms with Gasteiger partial charge in [-0.25, -0.2) is 0 Å². The standard InChI is InChI=1S/C12H23NO3/c1-4-10(9-16-3)13-7-5-12(2,6-8-13)11(14)15/h10H,4-9H2,1-3H3,(H,14,15). The number of piperidine rings is 1. The Labute approximate surface area is 97.6 Å². The molecule has 1 rings (SSSR count). The van der Waals surface area contributed by atoms with E-state index in [1.165, 1.54) is 0 Å². The number of aliphatic carboxylic acids is 1. The predicted molar refractivity (Wildman–Crippen MR) is 62.5 cm³/mol. The third kappa shape index (κ3) is 2.95. The molecule has 16 heavy (non-hydrogen) atoms. The summed E-state index contributed by atoms with van der Waals surface area (Å²) in [6, 6.07) is 0.434. The minimum Gasteiger partial charge on any atom is -0.481 e. The van der Waals surface area contributed by atoms with Crippen molar-refractivity contribution < 1.29 is 14.6 Å². The largest absolute Gasteiger partial charge is 0.481 e. The fourth-order valence-corrected chi connectivity index (χ4v) is 2.27. The van der Waals surface area contributed by atoms with E-state index in [1.807, 2.05) is 6.92 Å². The van der Waals surface area contributed by atoms with Gasteiger partial charge in [-0.3, -0.25) is 9.69 Å². The van der Waals surface area contributed by atoms with Crippen LogP contribution in [-0.4, -0.2) is 48.8 Å². The number of methoxy groups -OCH3 is 1. The molecule has 1 atom stereocenters. The summed E-state index contributed by atoms with van der Waals surface area (Å²) in [5.41, 5.74) is -0.526. The lowest BCUT2D eigenvalue weighted by atomic mass is 9.80. The van der Waals surface area contributed by atoms with Gasteiger partial charge in [-0.1, -0.05) is 6.92 Å². The van der Waals surface area contributed by atoms with Crippen molar-refractivity contribution >= 4 is 5.97 Å². The van der Waals surface area contributed by atoms with Crippen LogP contribution < -0.4 is 0 Å². The van der Waals surface area contributed by atoms with Crippen molar-refractivity contribution in [3.8, 4) is 0 Å². The van der Waals surface area contributed by atoms with Gasteiger partial charge in [0.25, 0.3) is 0 Å². The number of carboxylic acid groups (broad SMARTS) is 1. The van der Waals surface area contributed by atoms with Crippen LogP contribution in [0, 0.1) is 5.41 Å². The monoisotopic (exact) mass is 229 g/mol. The molecule has 4 heteroatoms. The highest BCUT2D eigenvalue weighted by Gasteiger charge is 2.38. The van der Waals surface area contributed by atoms with Crippen molar-refractivity contribution in [2.45, 2.75) is 39.2 Å². The molecule has 0 bridgehead atoms. The summed E-state index contributed by atoms with van der Waals surface area (Å²) in [6.07, 6.45) is 2.53. The summed E-state index contributed by atoms with van der Waals surface area (Å²) in [4.78, 5) is 13.5. The Hall–Kier alpha value is -0.610. The summed E-state index contributed by atoms with van der Waals surface area (Å²) in [7, 11) is 1.72. The molecule has 0 aromatic carbocycles. The van der Waals surface area contributed by atoms with Crippen LogP contribution >= 0.6 is 0 Å². The Kier molecular flexibility index (Phi) is 4.74. The van der Waals surface area contributed by atoms with Crippen molar-refractivity contribution in [3.63, 3.8) is 0 Å². The Morgan fingerprint density at radius 1 is 1.50 bits per heavy atom. The molecule has 1 aliphatic rings. The fraction of sp³-hybridized carbons (Fsp3) is 0.917. The predicted octanol–water partition coefficient (Wildman–Crippen LogP) is 1.60. The molecule has 0 aromatic heterocycles. The van der Waals surface area contributed by atoms with Gasteiger partial charge in [0.05, 0.1) is 12.0 Å². The summed E-state index contributed by atoms with van der Waals surface area (Å²) in [5.74, 6) is -0.660. The number of hydrogen-bond acceptors (Lipinski definition) is 3. The first-order valence-corrected chi connectivity index (χ1v) is 6.00. The van der Waals surface area contributed by atoms with Gasteiger partial charge in [-0.15, -0.1) is 0 Å². The van der Waals surface area contributed by atoms with Crippen LogP contribution in [0.3, 0.4) is 0 Å². The van der Waals surface area contributed by atoms with Crippen LogP contribution in [0.4, 0.5) is 0 Å². The molecule has 0 radical (unpaired) electrons. The molecule has 0 aliphatic carbocycles. The lowest BCUT2D eigenvalue weighted by Gasteiger charge is -2.40.